The molecule has 0 saturated heterocycles. The van der Waals surface area contributed by atoms with Crippen LogP contribution in [0.5, 0.6) is 5.75 Å². The fourth-order valence-corrected chi connectivity index (χ4v) is 4.24. The van der Waals surface area contributed by atoms with Crippen LogP contribution in [0.1, 0.15) is 44.7 Å². The summed E-state index contributed by atoms with van der Waals surface area (Å²) in [6.07, 6.45) is 4.11. The van der Waals surface area contributed by atoms with E-state index in [0.29, 0.717) is 29.9 Å². The van der Waals surface area contributed by atoms with E-state index >= 15 is 0 Å². The Bertz CT molecular complexity index is 743. The van der Waals surface area contributed by atoms with Gasteiger partial charge in [-0.3, -0.25) is 10.0 Å². The van der Waals surface area contributed by atoms with Crippen molar-refractivity contribution in [3.05, 3.63) is 35.4 Å². The predicted octanol–water partition coefficient (Wildman–Crippen LogP) is 2.64. The van der Waals surface area contributed by atoms with E-state index in [-0.39, 0.29) is 11.5 Å². The van der Waals surface area contributed by atoms with Crippen molar-refractivity contribution in [1.82, 2.24) is 10.4 Å². The number of hydrogen-bond acceptors (Lipinski definition) is 6. The molecule has 158 valence electrons. The van der Waals surface area contributed by atoms with E-state index in [0.717, 1.165) is 26.1 Å². The Kier molecular flexibility index (Phi) is 10.8. The maximum Gasteiger partial charge on any atom is 0.267 e. The zero-order valence-electron chi connectivity index (χ0n) is 17.0. The Hall–Kier alpha value is -1.90. The van der Waals surface area contributed by atoms with Gasteiger partial charge in [-0.15, -0.1) is 0 Å². The van der Waals surface area contributed by atoms with Crippen LogP contribution in [0, 0.1) is 0 Å². The molecule has 1 amide bonds. The number of carbonyl (C=O) groups is 1. The quantitative estimate of drug-likeness (QED) is 0.294. The Labute approximate surface area is 168 Å². The summed E-state index contributed by atoms with van der Waals surface area (Å²) in [7, 11) is -3.26. The number of rotatable bonds is 13. The van der Waals surface area contributed by atoms with E-state index in [1.54, 1.807) is 18.2 Å². The molecule has 0 aliphatic carbocycles. The van der Waals surface area contributed by atoms with E-state index in [1.165, 1.54) is 17.6 Å². The van der Waals surface area contributed by atoms with Crippen molar-refractivity contribution in [2.45, 2.75) is 39.4 Å². The van der Waals surface area contributed by atoms with E-state index in [4.69, 9.17) is 9.94 Å². The summed E-state index contributed by atoms with van der Waals surface area (Å²) in [4.78, 5) is 13.4. The van der Waals surface area contributed by atoms with Gasteiger partial charge >= 0.3 is 0 Å². The number of nitrogens with zero attached hydrogens (tertiary/aromatic N) is 1. The van der Waals surface area contributed by atoms with Crippen LogP contribution in [0.15, 0.2) is 24.3 Å². The molecule has 0 aromatic heterocycles. The molecule has 0 unspecified atom stereocenters. The third kappa shape index (κ3) is 8.86. The molecule has 2 N–H and O–H groups in total. The van der Waals surface area contributed by atoms with Crippen LogP contribution in [0.2, 0.25) is 0 Å². The van der Waals surface area contributed by atoms with Gasteiger partial charge in [0.25, 0.3) is 5.91 Å². The van der Waals surface area contributed by atoms with Crippen molar-refractivity contribution in [1.29, 1.82) is 0 Å². The fraction of sp³-hybridized carbons (Fsp3) is 0.550. The predicted molar refractivity (Wildman–Crippen MR) is 111 cm³/mol. The molecule has 0 spiro atoms. The molecule has 0 saturated carbocycles. The van der Waals surface area contributed by atoms with Gasteiger partial charge in [-0.05, 0) is 43.3 Å². The van der Waals surface area contributed by atoms with Crippen molar-refractivity contribution in [2.24, 2.45) is 0 Å². The third-order valence-electron chi connectivity index (χ3n) is 4.37. The van der Waals surface area contributed by atoms with Crippen LogP contribution in [-0.4, -0.2) is 56.4 Å². The van der Waals surface area contributed by atoms with Gasteiger partial charge < -0.3 is 9.64 Å². The van der Waals surface area contributed by atoms with Crippen molar-refractivity contribution >= 4 is 21.8 Å². The van der Waals surface area contributed by atoms with E-state index in [2.05, 4.69) is 18.7 Å². The maximum atomic E-state index is 12.4. The van der Waals surface area contributed by atoms with Gasteiger partial charge in [0, 0.05) is 18.2 Å². The minimum absolute atomic E-state index is 0.110. The van der Waals surface area contributed by atoms with Gasteiger partial charge in [-0.25, -0.2) is 13.9 Å². The Balaban J connectivity index is 3.02. The summed E-state index contributed by atoms with van der Waals surface area (Å²) in [6.45, 7) is 9.19. The second kappa shape index (κ2) is 12.5. The lowest BCUT2D eigenvalue weighted by atomic mass is 10.1. The topological polar surface area (TPSA) is 95.9 Å². The first-order valence-corrected chi connectivity index (χ1v) is 11.5. The van der Waals surface area contributed by atoms with Crippen LogP contribution < -0.4 is 10.2 Å². The molecule has 1 rings (SSSR count). The Morgan fingerprint density at radius 1 is 1.25 bits per heavy atom. The van der Waals surface area contributed by atoms with Gasteiger partial charge in [0.15, 0.2) is 9.84 Å². The molecule has 0 fully saturated rings. The number of nitrogens with one attached hydrogen (secondary N) is 1. The zero-order valence-corrected chi connectivity index (χ0v) is 17.8. The molecular formula is C20H32N2O5S. The highest BCUT2D eigenvalue weighted by Crippen LogP contribution is 2.24. The van der Waals surface area contributed by atoms with Crippen LogP contribution in [0.4, 0.5) is 0 Å². The van der Waals surface area contributed by atoms with Crippen LogP contribution >= 0.6 is 0 Å². The lowest BCUT2D eigenvalue weighted by molar-refractivity contribution is -0.124. The van der Waals surface area contributed by atoms with Gasteiger partial charge in [0.2, 0.25) is 0 Å². The number of amides is 1. The van der Waals surface area contributed by atoms with Crippen molar-refractivity contribution in [2.75, 3.05) is 32.0 Å². The van der Waals surface area contributed by atoms with Crippen molar-refractivity contribution in [3.8, 4) is 5.75 Å². The van der Waals surface area contributed by atoms with Gasteiger partial charge in [0.1, 0.15) is 12.4 Å². The molecule has 0 heterocycles. The number of carbonyl (C=O) groups excluding carboxylic acids is 1. The maximum absolute atomic E-state index is 12.4. The highest BCUT2D eigenvalue weighted by Gasteiger charge is 2.16. The molecule has 0 atom stereocenters. The number of ether oxygens (including phenoxy) is 1. The van der Waals surface area contributed by atoms with Crippen LogP contribution in [0.3, 0.4) is 0 Å². The SMILES string of the molecule is CCCCS(=O)(=O)Cc1cc(/C=C/C(=O)NO)ccc1OCCN(CC)CC. The fourth-order valence-electron chi connectivity index (χ4n) is 2.66. The normalized spacial score (nSPS) is 11.9. The number of likely N-dealkylation sites (N-methyl/N-ethyl adjacent to an activating group) is 1. The lowest BCUT2D eigenvalue weighted by Crippen LogP contribution is -2.28. The number of benzene rings is 1. The van der Waals surface area contributed by atoms with E-state index < -0.39 is 15.7 Å². The Morgan fingerprint density at radius 2 is 1.96 bits per heavy atom. The zero-order chi connectivity index (χ0) is 21.0. The van der Waals surface area contributed by atoms with Crippen molar-refractivity contribution < 1.29 is 23.2 Å². The summed E-state index contributed by atoms with van der Waals surface area (Å²) in [5, 5.41) is 8.58. The third-order valence-corrected chi connectivity index (χ3v) is 6.03. The standard InChI is InChI=1S/C20H32N2O5S/c1-4-7-14-28(25,26)16-18-15-17(9-11-20(23)21-24)8-10-19(18)27-13-12-22(5-2)6-3/h8-11,15,24H,4-7,12-14,16H2,1-3H3,(H,21,23)/b11-9+. The highest BCUT2D eigenvalue weighted by atomic mass is 32.2. The molecule has 8 heteroatoms. The summed E-state index contributed by atoms with van der Waals surface area (Å²) in [6, 6.07) is 5.18. The number of sulfone groups is 1. The molecule has 1 aromatic carbocycles. The monoisotopic (exact) mass is 412 g/mol. The molecule has 0 radical (unpaired) electrons. The van der Waals surface area contributed by atoms with Gasteiger partial charge in [0.05, 0.1) is 11.5 Å². The smallest absolute Gasteiger partial charge is 0.267 e. The molecule has 0 bridgehead atoms. The first-order valence-electron chi connectivity index (χ1n) is 9.65. The minimum Gasteiger partial charge on any atom is -0.492 e. The highest BCUT2D eigenvalue weighted by molar-refractivity contribution is 7.90. The largest absolute Gasteiger partial charge is 0.492 e. The number of unbranched alkanes of at least 4 members (excludes halogenated alkanes) is 1. The van der Waals surface area contributed by atoms with Crippen LogP contribution in [-0.2, 0) is 20.4 Å². The first-order chi connectivity index (χ1) is 13.3. The summed E-state index contributed by atoms with van der Waals surface area (Å²) < 4.78 is 30.7. The molecule has 7 nitrogen and oxygen atoms in total. The lowest BCUT2D eigenvalue weighted by Gasteiger charge is -2.19. The van der Waals surface area contributed by atoms with Crippen LogP contribution in [0.25, 0.3) is 6.08 Å². The average Bonchev–Trinajstić information content (AvgIpc) is 2.68. The number of hydroxylamine groups is 1. The van der Waals surface area contributed by atoms with Gasteiger partial charge in [-0.2, -0.15) is 0 Å². The van der Waals surface area contributed by atoms with E-state index in [9.17, 15) is 13.2 Å². The summed E-state index contributed by atoms with van der Waals surface area (Å²) in [5.41, 5.74) is 2.75. The molecule has 0 aliphatic rings. The Morgan fingerprint density at radius 3 is 2.57 bits per heavy atom. The molecular weight excluding hydrogens is 380 g/mol. The van der Waals surface area contributed by atoms with Crippen molar-refractivity contribution in [3.63, 3.8) is 0 Å². The minimum atomic E-state index is -3.26. The van der Waals surface area contributed by atoms with Gasteiger partial charge in [-0.1, -0.05) is 33.3 Å². The first kappa shape index (κ1) is 24.1. The second-order valence-electron chi connectivity index (χ2n) is 6.50. The summed E-state index contributed by atoms with van der Waals surface area (Å²) in [5.74, 6) is -0.0933. The molecule has 1 aromatic rings. The van der Waals surface area contributed by atoms with E-state index in [1.807, 2.05) is 6.92 Å². The second-order valence-corrected chi connectivity index (χ2v) is 8.68. The molecule has 28 heavy (non-hydrogen) atoms. The number of hydrogen-bond donors (Lipinski definition) is 2. The summed E-state index contributed by atoms with van der Waals surface area (Å²) >= 11 is 0. The molecule has 0 aliphatic heterocycles. The average molecular weight is 413 g/mol.